The van der Waals surface area contributed by atoms with Gasteiger partial charge in [-0.05, 0) is 38.1 Å². The van der Waals surface area contributed by atoms with Gasteiger partial charge in [0.1, 0.15) is 0 Å². The number of hydrogen-bond acceptors (Lipinski definition) is 2. The molecule has 0 unspecified atom stereocenters. The first-order chi connectivity index (χ1) is 7.29. The fourth-order valence-corrected chi connectivity index (χ4v) is 2.69. The molecule has 2 aliphatic carbocycles. The highest BCUT2D eigenvalue weighted by Gasteiger charge is 2.26. The van der Waals surface area contributed by atoms with Crippen molar-refractivity contribution in [3.63, 3.8) is 0 Å². The van der Waals surface area contributed by atoms with Crippen molar-refractivity contribution in [2.75, 3.05) is 13.1 Å². The van der Waals surface area contributed by atoms with Gasteiger partial charge in [0, 0.05) is 12.1 Å². The van der Waals surface area contributed by atoms with Gasteiger partial charge in [-0.25, -0.2) is 0 Å². The van der Waals surface area contributed by atoms with E-state index in [4.69, 9.17) is 5.73 Å². The third-order valence-corrected chi connectivity index (χ3v) is 3.99. The van der Waals surface area contributed by atoms with E-state index in [1.807, 2.05) is 0 Å². The van der Waals surface area contributed by atoms with Gasteiger partial charge in [0.25, 0.3) is 0 Å². The summed E-state index contributed by atoms with van der Waals surface area (Å²) in [4.78, 5) is 0. The van der Waals surface area contributed by atoms with Crippen molar-refractivity contribution in [1.29, 1.82) is 0 Å². The maximum absolute atomic E-state index is 6.35. The molecule has 88 valence electrons. The van der Waals surface area contributed by atoms with E-state index >= 15 is 0 Å². The first-order valence-electron chi connectivity index (χ1n) is 6.78. The van der Waals surface area contributed by atoms with Gasteiger partial charge in [-0.2, -0.15) is 0 Å². The lowest BCUT2D eigenvalue weighted by Crippen LogP contribution is -2.50. The van der Waals surface area contributed by atoms with Crippen LogP contribution in [0.15, 0.2) is 0 Å². The molecule has 3 N–H and O–H groups in total. The van der Waals surface area contributed by atoms with Crippen LogP contribution in [-0.4, -0.2) is 18.6 Å². The smallest absolute Gasteiger partial charge is 0.0280 e. The summed E-state index contributed by atoms with van der Waals surface area (Å²) in [7, 11) is 0. The first kappa shape index (κ1) is 11.4. The summed E-state index contributed by atoms with van der Waals surface area (Å²) in [6, 6.07) is 0. The lowest BCUT2D eigenvalue weighted by atomic mass is 9.82. The summed E-state index contributed by atoms with van der Waals surface area (Å²) in [6.07, 6.45) is 12.3. The van der Waals surface area contributed by atoms with Crippen LogP contribution in [0.5, 0.6) is 0 Å². The van der Waals surface area contributed by atoms with E-state index in [1.165, 1.54) is 64.3 Å². The van der Waals surface area contributed by atoms with Crippen LogP contribution in [0.2, 0.25) is 0 Å². The van der Waals surface area contributed by atoms with Gasteiger partial charge in [0.15, 0.2) is 0 Å². The fraction of sp³-hybridized carbons (Fsp3) is 1.00. The number of nitrogens with two attached hydrogens (primary N) is 1. The lowest BCUT2D eigenvalue weighted by molar-refractivity contribution is 0.283. The van der Waals surface area contributed by atoms with E-state index in [0.717, 1.165) is 12.5 Å². The molecule has 0 radical (unpaired) electrons. The summed E-state index contributed by atoms with van der Waals surface area (Å²) >= 11 is 0. The second kappa shape index (κ2) is 5.31. The Balaban J connectivity index is 1.51. The molecule has 2 fully saturated rings. The summed E-state index contributed by atoms with van der Waals surface area (Å²) in [5.74, 6) is 1.08. The van der Waals surface area contributed by atoms with Gasteiger partial charge in [-0.3, -0.25) is 0 Å². The van der Waals surface area contributed by atoms with Crippen LogP contribution in [0.25, 0.3) is 0 Å². The molecule has 0 spiro atoms. The topological polar surface area (TPSA) is 38.0 Å². The van der Waals surface area contributed by atoms with Crippen molar-refractivity contribution in [2.24, 2.45) is 11.7 Å². The highest BCUT2D eigenvalue weighted by molar-refractivity contribution is 4.89. The van der Waals surface area contributed by atoms with Crippen LogP contribution < -0.4 is 11.1 Å². The number of hydrogen-bond donors (Lipinski definition) is 2. The molecule has 0 aliphatic heterocycles. The van der Waals surface area contributed by atoms with E-state index in [9.17, 15) is 0 Å². The van der Waals surface area contributed by atoms with Crippen molar-refractivity contribution in [3.05, 3.63) is 0 Å². The third-order valence-electron chi connectivity index (χ3n) is 3.99. The van der Waals surface area contributed by atoms with Crippen molar-refractivity contribution in [1.82, 2.24) is 5.32 Å². The molecule has 0 bridgehead atoms. The summed E-state index contributed by atoms with van der Waals surface area (Å²) in [5, 5.41) is 3.55. The Kier molecular flexibility index (Phi) is 4.04. The monoisotopic (exact) mass is 210 g/mol. The molecule has 0 aromatic rings. The second-order valence-corrected chi connectivity index (χ2v) is 5.69. The van der Waals surface area contributed by atoms with Crippen LogP contribution in [-0.2, 0) is 0 Å². The molecule has 2 heteroatoms. The molecule has 0 amide bonds. The Labute approximate surface area is 94.0 Å². The fourth-order valence-electron chi connectivity index (χ4n) is 2.69. The minimum absolute atomic E-state index is 0.123. The second-order valence-electron chi connectivity index (χ2n) is 5.69. The molecular formula is C13H26N2. The van der Waals surface area contributed by atoms with Gasteiger partial charge in [-0.15, -0.1) is 0 Å². The average molecular weight is 210 g/mol. The van der Waals surface area contributed by atoms with Gasteiger partial charge in [0.05, 0.1) is 0 Å². The zero-order valence-electron chi connectivity index (χ0n) is 9.93. The maximum Gasteiger partial charge on any atom is 0.0280 e. The molecule has 0 aromatic carbocycles. The maximum atomic E-state index is 6.35. The Morgan fingerprint density at radius 3 is 2.53 bits per heavy atom. The molecule has 2 saturated carbocycles. The molecule has 2 aliphatic rings. The zero-order chi connectivity index (χ0) is 10.6. The van der Waals surface area contributed by atoms with Crippen LogP contribution in [0.1, 0.15) is 57.8 Å². The van der Waals surface area contributed by atoms with Crippen molar-refractivity contribution in [2.45, 2.75) is 63.3 Å². The van der Waals surface area contributed by atoms with Crippen LogP contribution in [0, 0.1) is 5.92 Å². The Morgan fingerprint density at radius 1 is 1.13 bits per heavy atom. The molecule has 2 rings (SSSR count). The Bertz CT molecular complexity index is 181. The zero-order valence-corrected chi connectivity index (χ0v) is 9.93. The third kappa shape index (κ3) is 4.12. The van der Waals surface area contributed by atoms with E-state index < -0.39 is 0 Å². The van der Waals surface area contributed by atoms with Crippen LogP contribution in [0.3, 0.4) is 0 Å². The largest absolute Gasteiger partial charge is 0.324 e. The minimum Gasteiger partial charge on any atom is -0.324 e. The van der Waals surface area contributed by atoms with Crippen molar-refractivity contribution < 1.29 is 0 Å². The summed E-state index contributed by atoms with van der Waals surface area (Å²) in [6.45, 7) is 2.22. The van der Waals surface area contributed by atoms with Crippen LogP contribution in [0.4, 0.5) is 0 Å². The SMILES string of the molecule is NC1(CNCCCC2CC2)CCCCC1. The van der Waals surface area contributed by atoms with E-state index in [0.29, 0.717) is 0 Å². The van der Waals surface area contributed by atoms with E-state index in [2.05, 4.69) is 5.32 Å². The van der Waals surface area contributed by atoms with Gasteiger partial charge >= 0.3 is 0 Å². The lowest BCUT2D eigenvalue weighted by Gasteiger charge is -2.33. The predicted molar refractivity (Wildman–Crippen MR) is 64.8 cm³/mol. The average Bonchev–Trinajstić information content (AvgIpc) is 3.02. The molecule has 15 heavy (non-hydrogen) atoms. The molecule has 2 nitrogen and oxygen atoms in total. The molecule has 0 heterocycles. The summed E-state index contributed by atoms with van der Waals surface area (Å²) < 4.78 is 0. The van der Waals surface area contributed by atoms with Gasteiger partial charge < -0.3 is 11.1 Å². The molecule has 0 atom stereocenters. The highest BCUT2D eigenvalue weighted by atomic mass is 14.9. The Morgan fingerprint density at radius 2 is 1.87 bits per heavy atom. The first-order valence-corrected chi connectivity index (χ1v) is 6.78. The molecule has 0 saturated heterocycles. The number of nitrogens with one attached hydrogen (secondary N) is 1. The van der Waals surface area contributed by atoms with Gasteiger partial charge in [0.2, 0.25) is 0 Å². The van der Waals surface area contributed by atoms with Gasteiger partial charge in [-0.1, -0.05) is 32.1 Å². The summed E-state index contributed by atoms with van der Waals surface area (Å²) in [5.41, 5.74) is 6.47. The normalized spacial score (nSPS) is 25.4. The Hall–Kier alpha value is -0.0800. The number of rotatable bonds is 6. The van der Waals surface area contributed by atoms with E-state index in [1.54, 1.807) is 0 Å². The van der Waals surface area contributed by atoms with Crippen LogP contribution >= 0.6 is 0 Å². The van der Waals surface area contributed by atoms with E-state index in [-0.39, 0.29) is 5.54 Å². The highest BCUT2D eigenvalue weighted by Crippen LogP contribution is 2.33. The molecule has 0 aromatic heterocycles. The van der Waals surface area contributed by atoms with Crippen molar-refractivity contribution >= 4 is 0 Å². The van der Waals surface area contributed by atoms with Crippen molar-refractivity contribution in [3.8, 4) is 0 Å². The standard InChI is InChI=1S/C13H26N2/c14-13(8-2-1-3-9-13)11-15-10-4-5-12-6-7-12/h12,15H,1-11,14H2. The quantitative estimate of drug-likeness (QED) is 0.661. The predicted octanol–water partition coefficient (Wildman–Crippen LogP) is 2.43. The molecular weight excluding hydrogens is 184 g/mol. The minimum atomic E-state index is 0.123.